The molecule has 0 aliphatic carbocycles. The second kappa shape index (κ2) is 5.60. The lowest BCUT2D eigenvalue weighted by atomic mass is 9.77. The van der Waals surface area contributed by atoms with Gasteiger partial charge in [-0.2, -0.15) is 0 Å². The van der Waals surface area contributed by atoms with Gasteiger partial charge in [-0.3, -0.25) is 9.59 Å². The van der Waals surface area contributed by atoms with Gasteiger partial charge in [0.1, 0.15) is 11.5 Å². The van der Waals surface area contributed by atoms with Gasteiger partial charge < -0.3 is 14.4 Å². The van der Waals surface area contributed by atoms with Crippen molar-refractivity contribution in [2.75, 3.05) is 18.1 Å². The molecule has 1 aromatic carbocycles. The maximum Gasteiger partial charge on any atom is 0.312 e. The molecular weight excluding hydrogens is 330 g/mol. The fourth-order valence-corrected chi connectivity index (χ4v) is 4.03. The summed E-state index contributed by atoms with van der Waals surface area (Å²) in [4.78, 5) is 27.1. The Morgan fingerprint density at radius 3 is 2.88 bits per heavy atom. The Morgan fingerprint density at radius 2 is 2.17 bits per heavy atom. The van der Waals surface area contributed by atoms with Gasteiger partial charge in [-0.1, -0.05) is 30.7 Å². The largest absolute Gasteiger partial charge is 0.465 e. The average molecular weight is 348 g/mol. The molecule has 2 saturated heterocycles. The monoisotopic (exact) mass is 347 g/mol. The minimum absolute atomic E-state index is 0.0948. The Bertz CT molecular complexity index is 716. The highest BCUT2D eigenvalue weighted by molar-refractivity contribution is 6.30. The number of rotatable bonds is 4. The number of esters is 1. The molecule has 5 nitrogen and oxygen atoms in total. The quantitative estimate of drug-likeness (QED) is 0.620. The van der Waals surface area contributed by atoms with Crippen molar-refractivity contribution in [3.05, 3.63) is 41.4 Å². The van der Waals surface area contributed by atoms with Gasteiger partial charge in [0.2, 0.25) is 5.91 Å². The predicted molar refractivity (Wildman–Crippen MR) is 88.8 cm³/mol. The van der Waals surface area contributed by atoms with E-state index in [1.807, 2.05) is 19.1 Å². The average Bonchev–Trinajstić information content (AvgIpc) is 3.22. The normalized spacial score (nSPS) is 33.2. The third-order valence-electron chi connectivity index (χ3n) is 4.96. The summed E-state index contributed by atoms with van der Waals surface area (Å²) in [6, 6.07) is 7.10. The number of anilines is 1. The summed E-state index contributed by atoms with van der Waals surface area (Å²) in [5, 5.41) is 0.613. The van der Waals surface area contributed by atoms with Gasteiger partial charge in [0, 0.05) is 10.7 Å². The molecule has 0 N–H and O–H groups in total. The molecule has 1 amide bonds. The molecule has 0 aromatic heterocycles. The molecule has 4 atom stereocenters. The summed E-state index contributed by atoms with van der Waals surface area (Å²) in [7, 11) is 0. The first-order chi connectivity index (χ1) is 11.6. The number of carbonyl (C=O) groups is 2. The maximum absolute atomic E-state index is 13.0. The summed E-state index contributed by atoms with van der Waals surface area (Å²) < 4.78 is 11.3. The Kier molecular flexibility index (Phi) is 3.66. The van der Waals surface area contributed by atoms with E-state index in [2.05, 4.69) is 0 Å². The van der Waals surface area contributed by atoms with Crippen molar-refractivity contribution in [3.63, 3.8) is 0 Å². The topological polar surface area (TPSA) is 55.8 Å². The first-order valence-electron chi connectivity index (χ1n) is 8.16. The van der Waals surface area contributed by atoms with Crippen molar-refractivity contribution in [2.24, 2.45) is 11.8 Å². The molecule has 1 spiro atoms. The Morgan fingerprint density at radius 1 is 1.42 bits per heavy atom. The Balaban J connectivity index is 1.64. The van der Waals surface area contributed by atoms with Crippen LogP contribution < -0.4 is 4.90 Å². The van der Waals surface area contributed by atoms with Gasteiger partial charge in [0.25, 0.3) is 0 Å². The molecule has 0 radical (unpaired) electrons. The van der Waals surface area contributed by atoms with E-state index in [-0.39, 0.29) is 18.0 Å². The van der Waals surface area contributed by atoms with Crippen molar-refractivity contribution in [2.45, 2.75) is 25.0 Å². The molecule has 2 bridgehead atoms. The first kappa shape index (κ1) is 15.7. The van der Waals surface area contributed by atoms with Crippen LogP contribution in [0, 0.1) is 11.8 Å². The number of nitrogens with zero attached hydrogens (tertiary/aromatic N) is 1. The molecule has 0 saturated carbocycles. The van der Waals surface area contributed by atoms with Crippen molar-refractivity contribution >= 4 is 29.2 Å². The molecular formula is C18H18ClNO4. The summed E-state index contributed by atoms with van der Waals surface area (Å²) in [6.07, 6.45) is 4.20. The molecule has 4 rings (SSSR count). The van der Waals surface area contributed by atoms with Gasteiger partial charge in [-0.25, -0.2) is 0 Å². The van der Waals surface area contributed by atoms with Gasteiger partial charge in [-0.15, -0.1) is 0 Å². The summed E-state index contributed by atoms with van der Waals surface area (Å²) in [5.74, 6) is -1.52. The van der Waals surface area contributed by atoms with Crippen molar-refractivity contribution < 1.29 is 19.1 Å². The molecule has 3 aliphatic heterocycles. The first-order valence-corrected chi connectivity index (χ1v) is 8.54. The summed E-state index contributed by atoms with van der Waals surface area (Å²) >= 11 is 5.92. The summed E-state index contributed by atoms with van der Waals surface area (Å²) in [6.45, 7) is 2.71. The summed E-state index contributed by atoms with van der Waals surface area (Å²) in [5.41, 5.74) is 0.0337. The van der Waals surface area contributed by atoms with Gasteiger partial charge in [0.15, 0.2) is 0 Å². The van der Waals surface area contributed by atoms with Crippen LogP contribution in [0.3, 0.4) is 0 Å². The second-order valence-electron chi connectivity index (χ2n) is 6.47. The van der Waals surface area contributed by atoms with Gasteiger partial charge >= 0.3 is 5.97 Å². The number of benzene rings is 1. The number of hydrogen-bond donors (Lipinski definition) is 0. The van der Waals surface area contributed by atoms with Crippen LogP contribution in [-0.4, -0.2) is 36.7 Å². The van der Waals surface area contributed by atoms with E-state index in [0.29, 0.717) is 18.2 Å². The fraction of sp³-hybridized carbons (Fsp3) is 0.444. The van der Waals surface area contributed by atoms with E-state index in [0.717, 1.165) is 12.1 Å². The molecule has 6 heteroatoms. The lowest BCUT2D eigenvalue weighted by molar-refractivity contribution is -0.152. The van der Waals surface area contributed by atoms with Crippen LogP contribution in [0.25, 0.3) is 0 Å². The van der Waals surface area contributed by atoms with Crippen LogP contribution in [-0.2, 0) is 19.1 Å². The highest BCUT2D eigenvalue weighted by Crippen LogP contribution is 2.52. The van der Waals surface area contributed by atoms with Crippen LogP contribution in [0.15, 0.2) is 36.4 Å². The minimum atomic E-state index is -0.725. The molecule has 126 valence electrons. The zero-order chi connectivity index (χ0) is 16.9. The maximum atomic E-state index is 13.0. The Labute approximate surface area is 145 Å². The number of hydrogen-bond acceptors (Lipinski definition) is 4. The molecule has 24 heavy (non-hydrogen) atoms. The number of fused-ring (bicyclic) bond motifs is 1. The van der Waals surface area contributed by atoms with E-state index < -0.39 is 17.4 Å². The highest BCUT2D eigenvalue weighted by atomic mass is 35.5. The number of amides is 1. The predicted octanol–water partition coefficient (Wildman–Crippen LogP) is 2.58. The smallest absolute Gasteiger partial charge is 0.312 e. The number of ether oxygens (including phenoxy) is 2. The minimum Gasteiger partial charge on any atom is -0.465 e. The third kappa shape index (κ3) is 2.19. The Hall–Kier alpha value is -1.85. The van der Waals surface area contributed by atoms with Crippen molar-refractivity contribution in [1.82, 2.24) is 0 Å². The molecule has 1 aromatic rings. The standard InChI is InChI=1S/C18H18ClNO4/c1-2-9-23-17(22)14-13-7-8-18(24-13)10-20(16(21)15(14)18)12-5-3-11(19)4-6-12/h3-8,13-15H,2,9-10H2,1H3/t13-,14+,15-,18+/m1/s1. The van der Waals surface area contributed by atoms with Crippen molar-refractivity contribution in [1.29, 1.82) is 0 Å². The number of halogens is 1. The molecule has 3 aliphatic rings. The zero-order valence-electron chi connectivity index (χ0n) is 13.3. The van der Waals surface area contributed by atoms with E-state index in [9.17, 15) is 9.59 Å². The third-order valence-corrected chi connectivity index (χ3v) is 5.21. The molecule has 2 fully saturated rings. The van der Waals surface area contributed by atoms with E-state index in [4.69, 9.17) is 21.1 Å². The van der Waals surface area contributed by atoms with Crippen LogP contribution >= 0.6 is 11.6 Å². The van der Waals surface area contributed by atoms with E-state index in [1.54, 1.807) is 29.2 Å². The van der Waals surface area contributed by atoms with E-state index in [1.165, 1.54) is 0 Å². The van der Waals surface area contributed by atoms with Crippen LogP contribution in [0.4, 0.5) is 5.69 Å². The highest BCUT2D eigenvalue weighted by Gasteiger charge is 2.67. The van der Waals surface area contributed by atoms with Crippen LogP contribution in [0.2, 0.25) is 5.02 Å². The zero-order valence-corrected chi connectivity index (χ0v) is 14.0. The van der Waals surface area contributed by atoms with Gasteiger partial charge in [-0.05, 0) is 30.7 Å². The molecule has 3 heterocycles. The van der Waals surface area contributed by atoms with Crippen LogP contribution in [0.5, 0.6) is 0 Å². The fourth-order valence-electron chi connectivity index (χ4n) is 3.91. The van der Waals surface area contributed by atoms with Gasteiger partial charge in [0.05, 0.1) is 25.2 Å². The second-order valence-corrected chi connectivity index (χ2v) is 6.90. The lowest BCUT2D eigenvalue weighted by Crippen LogP contribution is -2.40. The molecule has 0 unspecified atom stereocenters. The van der Waals surface area contributed by atoms with E-state index >= 15 is 0 Å². The number of carbonyl (C=O) groups excluding carboxylic acids is 2. The van der Waals surface area contributed by atoms with Crippen LogP contribution in [0.1, 0.15) is 13.3 Å². The SMILES string of the molecule is CCCOC(=O)[C@H]1[C@H]2C=C[C@@]3(CN(c4ccc(Cl)cc4)C(=O)[C@@H]13)O2. The lowest BCUT2D eigenvalue weighted by Gasteiger charge is -2.22. The van der Waals surface area contributed by atoms with Crippen molar-refractivity contribution in [3.8, 4) is 0 Å².